The molecule has 0 spiro atoms. The summed E-state index contributed by atoms with van der Waals surface area (Å²) in [5.74, 6) is 2.10. The van der Waals surface area contributed by atoms with Crippen molar-refractivity contribution in [2.24, 2.45) is 5.92 Å². The van der Waals surface area contributed by atoms with Crippen molar-refractivity contribution in [2.45, 2.75) is 33.6 Å². The van der Waals surface area contributed by atoms with Gasteiger partial charge < -0.3 is 0 Å². The molecule has 1 aliphatic rings. The second kappa shape index (κ2) is 3.47. The van der Waals surface area contributed by atoms with Crippen LogP contribution in [0.3, 0.4) is 0 Å². The summed E-state index contributed by atoms with van der Waals surface area (Å²) in [6, 6.07) is 0. The van der Waals surface area contributed by atoms with Crippen molar-refractivity contribution in [3.8, 4) is 0 Å². The largest absolute Gasteiger partial charge is 0.130 e. The molecule has 0 nitrogen and oxygen atoms in total. The summed E-state index contributed by atoms with van der Waals surface area (Å²) in [5.41, 5.74) is 1.71. The van der Waals surface area contributed by atoms with Crippen molar-refractivity contribution in [3.63, 3.8) is 0 Å². The summed E-state index contributed by atoms with van der Waals surface area (Å²) < 4.78 is 0. The number of allylic oxidation sites excluding steroid dienone is 2. The molecular weight excluding hydrogens is 140 g/mol. The quantitative estimate of drug-likeness (QED) is 0.590. The summed E-state index contributed by atoms with van der Waals surface area (Å²) in [6.45, 7) is 6.86. The van der Waals surface area contributed by atoms with Crippen molar-refractivity contribution in [1.29, 1.82) is 0 Å². The number of rotatable bonds is 2. The third-order valence-electron chi connectivity index (χ3n) is 1.96. The molecule has 0 saturated heterocycles. The number of hydrogen-bond acceptors (Lipinski definition) is 1. The maximum atomic E-state index is 2.29. The van der Waals surface area contributed by atoms with Gasteiger partial charge in [0.05, 0.1) is 0 Å². The van der Waals surface area contributed by atoms with Crippen LogP contribution in [0, 0.1) is 5.92 Å². The van der Waals surface area contributed by atoms with E-state index < -0.39 is 0 Å². The van der Waals surface area contributed by atoms with E-state index in [0.717, 1.165) is 5.92 Å². The van der Waals surface area contributed by atoms with E-state index in [1.54, 1.807) is 10.5 Å². The van der Waals surface area contributed by atoms with E-state index in [0.29, 0.717) is 0 Å². The van der Waals surface area contributed by atoms with Crippen LogP contribution in [-0.4, -0.2) is 5.75 Å². The minimum absolute atomic E-state index is 0.766. The summed E-state index contributed by atoms with van der Waals surface area (Å²) in [6.07, 6.45) is 2.61. The Morgan fingerprint density at radius 2 is 2.20 bits per heavy atom. The van der Waals surface area contributed by atoms with E-state index in [4.69, 9.17) is 0 Å². The lowest BCUT2D eigenvalue weighted by molar-refractivity contribution is 0.795. The van der Waals surface area contributed by atoms with E-state index in [-0.39, 0.29) is 0 Å². The molecule has 0 unspecified atom stereocenters. The Balaban J connectivity index is 2.68. The van der Waals surface area contributed by atoms with Gasteiger partial charge in [-0.15, -0.1) is 11.8 Å². The Labute approximate surface area is 68.1 Å². The van der Waals surface area contributed by atoms with Gasteiger partial charge in [-0.3, -0.25) is 0 Å². The summed E-state index contributed by atoms with van der Waals surface area (Å²) in [4.78, 5) is 1.67. The molecule has 0 aliphatic carbocycles. The summed E-state index contributed by atoms with van der Waals surface area (Å²) in [5, 5.41) is 0. The Morgan fingerprint density at radius 1 is 1.50 bits per heavy atom. The zero-order chi connectivity index (χ0) is 7.56. The van der Waals surface area contributed by atoms with Crippen LogP contribution >= 0.6 is 11.8 Å². The maximum absolute atomic E-state index is 2.29. The second-order valence-electron chi connectivity index (χ2n) is 3.07. The van der Waals surface area contributed by atoms with Gasteiger partial charge in [0.1, 0.15) is 0 Å². The fraction of sp³-hybridized carbons (Fsp3) is 0.778. The molecule has 0 aromatic carbocycles. The lowest BCUT2D eigenvalue weighted by Crippen LogP contribution is -1.89. The first-order chi connectivity index (χ1) is 4.75. The van der Waals surface area contributed by atoms with Gasteiger partial charge >= 0.3 is 0 Å². The molecule has 0 fully saturated rings. The molecule has 1 heterocycles. The molecule has 0 saturated carbocycles. The van der Waals surface area contributed by atoms with E-state index >= 15 is 0 Å². The van der Waals surface area contributed by atoms with Crippen LogP contribution < -0.4 is 0 Å². The average molecular weight is 156 g/mol. The molecule has 0 radical (unpaired) electrons. The Morgan fingerprint density at radius 3 is 2.60 bits per heavy atom. The van der Waals surface area contributed by atoms with Gasteiger partial charge in [-0.25, -0.2) is 0 Å². The topological polar surface area (TPSA) is 0 Å². The van der Waals surface area contributed by atoms with E-state index in [1.807, 2.05) is 0 Å². The summed E-state index contributed by atoms with van der Waals surface area (Å²) >= 11 is 2.06. The van der Waals surface area contributed by atoms with Crippen LogP contribution in [0.1, 0.15) is 33.6 Å². The average Bonchev–Trinajstić information content (AvgIpc) is 2.33. The molecule has 0 bridgehead atoms. The molecule has 0 amide bonds. The molecule has 58 valence electrons. The minimum Gasteiger partial charge on any atom is -0.130 e. The van der Waals surface area contributed by atoms with E-state index in [1.165, 1.54) is 18.6 Å². The van der Waals surface area contributed by atoms with E-state index in [2.05, 4.69) is 32.5 Å². The van der Waals surface area contributed by atoms with Crippen LogP contribution in [0.2, 0.25) is 0 Å². The zero-order valence-corrected chi connectivity index (χ0v) is 7.92. The Hall–Kier alpha value is 0.0900. The van der Waals surface area contributed by atoms with Crippen molar-refractivity contribution in [3.05, 3.63) is 10.5 Å². The van der Waals surface area contributed by atoms with Gasteiger partial charge in [0.15, 0.2) is 0 Å². The van der Waals surface area contributed by atoms with Crippen LogP contribution in [0.4, 0.5) is 0 Å². The van der Waals surface area contributed by atoms with Crippen LogP contribution in [0.25, 0.3) is 0 Å². The minimum atomic E-state index is 0.766. The molecular formula is C9H16S. The molecule has 0 aromatic rings. The standard InChI is InChI=1S/C9H16S/c1-4-8-5-6-10-9(8)7(2)3/h7H,4-6H2,1-3H3. The third-order valence-corrected chi connectivity index (χ3v) is 3.44. The predicted molar refractivity (Wildman–Crippen MR) is 49.2 cm³/mol. The van der Waals surface area contributed by atoms with E-state index in [9.17, 15) is 0 Å². The third kappa shape index (κ3) is 1.57. The van der Waals surface area contributed by atoms with Gasteiger partial charge in [-0.2, -0.15) is 0 Å². The molecule has 1 heteroatoms. The van der Waals surface area contributed by atoms with Gasteiger partial charge in [0.2, 0.25) is 0 Å². The van der Waals surface area contributed by atoms with Crippen molar-refractivity contribution in [1.82, 2.24) is 0 Å². The first-order valence-electron chi connectivity index (χ1n) is 4.10. The number of hydrogen-bond donors (Lipinski definition) is 0. The fourth-order valence-corrected chi connectivity index (χ4v) is 2.79. The van der Waals surface area contributed by atoms with Crippen molar-refractivity contribution in [2.75, 3.05) is 5.75 Å². The first kappa shape index (κ1) is 8.19. The monoisotopic (exact) mass is 156 g/mol. The molecule has 0 atom stereocenters. The first-order valence-corrected chi connectivity index (χ1v) is 5.09. The second-order valence-corrected chi connectivity index (χ2v) is 4.21. The van der Waals surface area contributed by atoms with Gasteiger partial charge in [-0.05, 0) is 23.7 Å². The summed E-state index contributed by atoms with van der Waals surface area (Å²) in [7, 11) is 0. The lowest BCUT2D eigenvalue weighted by atomic mass is 10.1. The highest BCUT2D eigenvalue weighted by atomic mass is 32.2. The molecule has 0 aromatic heterocycles. The SMILES string of the molecule is CCC1=C(C(C)C)SCC1. The molecule has 10 heavy (non-hydrogen) atoms. The van der Waals surface area contributed by atoms with Crippen LogP contribution in [-0.2, 0) is 0 Å². The fourth-order valence-electron chi connectivity index (χ4n) is 1.44. The lowest BCUT2D eigenvalue weighted by Gasteiger charge is -2.07. The van der Waals surface area contributed by atoms with Crippen molar-refractivity contribution >= 4 is 11.8 Å². The molecule has 0 N–H and O–H groups in total. The van der Waals surface area contributed by atoms with Crippen molar-refractivity contribution < 1.29 is 0 Å². The molecule has 1 aliphatic heterocycles. The Kier molecular flexibility index (Phi) is 2.84. The number of thioether (sulfide) groups is 1. The molecule has 1 rings (SSSR count). The highest BCUT2D eigenvalue weighted by molar-refractivity contribution is 8.03. The van der Waals surface area contributed by atoms with Gasteiger partial charge in [0, 0.05) is 5.75 Å². The van der Waals surface area contributed by atoms with Gasteiger partial charge in [-0.1, -0.05) is 26.3 Å². The maximum Gasteiger partial charge on any atom is 0.00145 e. The van der Waals surface area contributed by atoms with Gasteiger partial charge in [0.25, 0.3) is 0 Å². The predicted octanol–water partition coefficient (Wildman–Crippen LogP) is 3.44. The van der Waals surface area contributed by atoms with Crippen LogP contribution in [0.5, 0.6) is 0 Å². The van der Waals surface area contributed by atoms with Crippen LogP contribution in [0.15, 0.2) is 10.5 Å². The normalized spacial score (nSPS) is 19.2. The smallest absolute Gasteiger partial charge is 0.00145 e. The highest BCUT2D eigenvalue weighted by Gasteiger charge is 2.15. The highest BCUT2D eigenvalue weighted by Crippen LogP contribution is 2.37. The Bertz CT molecular complexity index is 145. The zero-order valence-electron chi connectivity index (χ0n) is 7.11.